The van der Waals surface area contributed by atoms with E-state index in [-0.39, 0.29) is 16.2 Å². The number of pyridine rings is 1. The molecule has 6 heteroatoms. The summed E-state index contributed by atoms with van der Waals surface area (Å²) in [6, 6.07) is 109. The minimum absolute atomic E-state index is 0.162. The van der Waals surface area contributed by atoms with E-state index in [1.165, 1.54) is 22.3 Å². The van der Waals surface area contributed by atoms with Crippen LogP contribution in [-0.2, 0) is 16.2 Å². The summed E-state index contributed by atoms with van der Waals surface area (Å²) in [6.45, 7) is 18.3. The minimum Gasteiger partial charge on any atom is -0.458 e. The maximum absolute atomic E-state index is 7.13. The molecule has 0 fully saturated rings. The van der Waals surface area contributed by atoms with E-state index >= 15 is 0 Å². The van der Waals surface area contributed by atoms with Crippen LogP contribution in [0.15, 0.2) is 310 Å². The van der Waals surface area contributed by atoms with Crippen LogP contribution in [0.1, 0.15) is 77.6 Å². The van der Waals surface area contributed by atoms with Crippen LogP contribution < -0.4 is 9.42 Å². The minimum atomic E-state index is -0.267. The first-order chi connectivity index (χ1) is 46.6. The molecular weight excluding hydrogens is 1170 g/mol. The number of benzene rings is 12. The summed E-state index contributed by atoms with van der Waals surface area (Å²) >= 11 is 0. The van der Waals surface area contributed by atoms with Gasteiger partial charge in [0.05, 0.1) is 22.4 Å². The topological polar surface area (TPSA) is 48.8 Å². The molecule has 0 aliphatic rings. The fourth-order valence-electron chi connectivity index (χ4n) is 13.4. The van der Waals surface area contributed by atoms with Gasteiger partial charge in [-0.25, -0.2) is 4.98 Å². The van der Waals surface area contributed by atoms with Crippen molar-refractivity contribution in [2.24, 2.45) is 0 Å². The smallest absolute Gasteiger partial charge is 0.273 e. The van der Waals surface area contributed by atoms with E-state index in [4.69, 9.17) is 14.8 Å². The summed E-state index contributed by atoms with van der Waals surface area (Å²) in [5.41, 5.74) is 22.1. The van der Waals surface area contributed by atoms with Crippen LogP contribution in [0.5, 0.6) is 11.5 Å². The van der Waals surface area contributed by atoms with Crippen molar-refractivity contribution in [3.8, 4) is 107 Å². The molecule has 0 N–H and O–H groups in total. The molecule has 0 spiro atoms. The molecule has 0 aliphatic carbocycles. The fourth-order valence-corrected chi connectivity index (χ4v) is 13.4. The maximum atomic E-state index is 7.13. The van der Waals surface area contributed by atoms with E-state index in [0.29, 0.717) is 17.3 Å². The predicted molar refractivity (Wildman–Crippen MR) is 397 cm³/mol. The molecule has 15 rings (SSSR count). The molecule has 0 atom stereocenters. The number of aromatic nitrogens is 5. The Bertz CT molecular complexity index is 5050. The summed E-state index contributed by atoms with van der Waals surface area (Å²) in [4.78, 5) is 5.07. The monoisotopic (exact) mass is 1240 g/mol. The summed E-state index contributed by atoms with van der Waals surface area (Å²) in [7, 11) is 0. The molecule has 0 aliphatic heterocycles. The molecule has 3 aromatic heterocycles. The lowest BCUT2D eigenvalue weighted by Gasteiger charge is -2.26. The number of hydrogen-bond acceptors (Lipinski definition) is 3. The van der Waals surface area contributed by atoms with Crippen molar-refractivity contribution in [1.29, 1.82) is 0 Å². The number of hydrogen-bond donors (Lipinski definition) is 0. The number of nitrogens with zero attached hydrogens (tertiary/aromatic N) is 5. The van der Waals surface area contributed by atoms with E-state index in [2.05, 4.69) is 368 Å². The maximum Gasteiger partial charge on any atom is 0.273 e. The zero-order chi connectivity index (χ0) is 65.7. The van der Waals surface area contributed by atoms with Crippen LogP contribution >= 0.6 is 0 Å². The number of rotatable bonds is 14. The summed E-state index contributed by atoms with van der Waals surface area (Å²) < 4.78 is 13.5. The summed E-state index contributed by atoms with van der Waals surface area (Å²) in [5, 5.41) is 8.14. The standard InChI is InChI=1S/C90H75N5O/c1-88(2,3)73-54-74(89(4,5)6)56-76(55-73)94-60-93(75-38-26-39-77(58-75)96-78-44-45-82-81-40-24-25-43-83(81)95(84(82)59-78)85-57-72(46-47-91-85)90(7,8)71-36-22-13-23-37-71)87(92-94)86-79(69-50-65(61-28-14-9-15-29-61)48-66(51-69)62-30-16-10-17-31-62)41-27-42-80(86)70-52-67(63-32-18-11-19-33-63)49-68(53-70)64-34-20-12-21-35-64/h9-59H,1-8H3. The number of fused-ring (bicyclic) bond motifs is 3. The van der Waals surface area contributed by atoms with E-state index in [1.807, 2.05) is 16.9 Å². The third-order valence-corrected chi connectivity index (χ3v) is 18.8. The van der Waals surface area contributed by atoms with Gasteiger partial charge in [-0.15, -0.1) is 5.10 Å². The molecule has 12 aromatic carbocycles. The zero-order valence-electron chi connectivity index (χ0n) is 55.6. The Balaban J connectivity index is 0.959. The Morgan fingerprint density at radius 2 is 0.823 bits per heavy atom. The van der Waals surface area contributed by atoms with Crippen LogP contribution in [0.2, 0.25) is 0 Å². The average Bonchev–Trinajstić information content (AvgIpc) is 1.43. The fraction of sp³-hybridized carbons (Fsp3) is 0.122. The van der Waals surface area contributed by atoms with Gasteiger partial charge in [0.15, 0.2) is 5.82 Å². The largest absolute Gasteiger partial charge is 0.458 e. The highest BCUT2D eigenvalue weighted by Gasteiger charge is 2.28. The van der Waals surface area contributed by atoms with E-state index < -0.39 is 0 Å². The first-order valence-electron chi connectivity index (χ1n) is 33.2. The second kappa shape index (κ2) is 24.8. The third-order valence-electron chi connectivity index (χ3n) is 18.8. The first-order valence-corrected chi connectivity index (χ1v) is 33.2. The Morgan fingerprint density at radius 3 is 1.35 bits per heavy atom. The van der Waals surface area contributed by atoms with Crippen molar-refractivity contribution in [3.05, 3.63) is 338 Å². The van der Waals surface area contributed by atoms with Crippen LogP contribution in [0, 0.1) is 6.33 Å². The molecule has 0 radical (unpaired) electrons. The van der Waals surface area contributed by atoms with E-state index in [0.717, 1.165) is 111 Å². The van der Waals surface area contributed by atoms with Gasteiger partial charge in [0.25, 0.3) is 6.33 Å². The second-order valence-corrected chi connectivity index (χ2v) is 27.8. The summed E-state index contributed by atoms with van der Waals surface area (Å²) in [6.07, 6.45) is 5.85. The summed E-state index contributed by atoms with van der Waals surface area (Å²) in [5.74, 6) is 2.89. The lowest BCUT2D eigenvalue weighted by molar-refractivity contribution is -0.660. The predicted octanol–water partition coefficient (Wildman–Crippen LogP) is 22.8. The van der Waals surface area contributed by atoms with Gasteiger partial charge in [-0.05, 0) is 179 Å². The van der Waals surface area contributed by atoms with Crippen LogP contribution in [-0.4, -0.2) is 19.2 Å². The normalized spacial score (nSPS) is 12.0. The Morgan fingerprint density at radius 1 is 0.354 bits per heavy atom. The van der Waals surface area contributed by atoms with Gasteiger partial charge in [-0.3, -0.25) is 9.13 Å². The van der Waals surface area contributed by atoms with E-state index in [9.17, 15) is 0 Å². The lowest BCUT2D eigenvalue weighted by Crippen LogP contribution is -2.34. The molecule has 3 heterocycles. The molecule has 0 bridgehead atoms. The van der Waals surface area contributed by atoms with Crippen molar-refractivity contribution >= 4 is 21.8 Å². The average molecular weight is 1240 g/mol. The van der Waals surface area contributed by atoms with Gasteiger partial charge in [-0.2, -0.15) is 4.68 Å². The highest BCUT2D eigenvalue weighted by molar-refractivity contribution is 6.09. The number of ether oxygens (including phenoxy) is 1. The highest BCUT2D eigenvalue weighted by atomic mass is 16.5. The van der Waals surface area contributed by atoms with Crippen molar-refractivity contribution in [1.82, 2.24) is 19.2 Å². The van der Waals surface area contributed by atoms with Crippen LogP contribution in [0.4, 0.5) is 0 Å². The second-order valence-electron chi connectivity index (χ2n) is 27.8. The lowest BCUT2D eigenvalue weighted by atomic mass is 9.78. The molecule has 6 nitrogen and oxygen atoms in total. The van der Waals surface area contributed by atoms with Gasteiger partial charge in [0, 0.05) is 34.0 Å². The molecule has 0 amide bonds. The van der Waals surface area contributed by atoms with Gasteiger partial charge in [0.2, 0.25) is 0 Å². The molecule has 0 unspecified atom stereocenters. The van der Waals surface area contributed by atoms with Crippen molar-refractivity contribution < 1.29 is 9.42 Å². The molecule has 0 saturated carbocycles. The Labute approximate surface area is 563 Å². The highest BCUT2D eigenvalue weighted by Crippen LogP contribution is 2.46. The molecular formula is C90H75N5O. The van der Waals surface area contributed by atoms with Gasteiger partial charge < -0.3 is 4.74 Å². The SMILES string of the molecule is CC(C)(C)c1cc(-[n+]2[c-]n(-c3cccc(Oc4ccc5c6ccccc6n(-c6cc(C(C)(C)c7ccccc7)ccn6)c5c4)c3)c(-c3c(-c4cc(-c5ccccc5)cc(-c5ccccc5)c4)cccc3-c3cc(-c4ccccc4)cc(-c4ccccc4)c3)n2)cc(C(C)(C)C)c1. The Hall–Kier alpha value is -11.5. The quantitative estimate of drug-likeness (QED) is 0.0805. The number of para-hydroxylation sites is 1. The van der Waals surface area contributed by atoms with Crippen LogP contribution in [0.3, 0.4) is 0 Å². The van der Waals surface area contributed by atoms with Gasteiger partial charge in [-0.1, -0.05) is 274 Å². The van der Waals surface area contributed by atoms with Crippen molar-refractivity contribution in [2.45, 2.75) is 71.6 Å². The van der Waals surface area contributed by atoms with Crippen molar-refractivity contribution in [2.75, 3.05) is 0 Å². The first kappa shape index (κ1) is 60.8. The van der Waals surface area contributed by atoms with Crippen LogP contribution in [0.25, 0.3) is 117 Å². The van der Waals surface area contributed by atoms with E-state index in [1.54, 1.807) is 0 Å². The molecule has 96 heavy (non-hydrogen) atoms. The van der Waals surface area contributed by atoms with Crippen molar-refractivity contribution in [3.63, 3.8) is 0 Å². The zero-order valence-corrected chi connectivity index (χ0v) is 55.6. The molecule has 15 aromatic rings. The molecule has 466 valence electrons. The third kappa shape index (κ3) is 11.9. The Kier molecular flexibility index (Phi) is 15.7. The van der Waals surface area contributed by atoms with Gasteiger partial charge >= 0.3 is 0 Å². The van der Waals surface area contributed by atoms with Gasteiger partial charge in [0.1, 0.15) is 17.3 Å². The molecule has 0 saturated heterocycles.